The van der Waals surface area contributed by atoms with E-state index in [1.54, 1.807) is 39.0 Å². The number of likely N-dealkylation sites (tertiary alicyclic amines) is 1. The molecule has 0 aliphatic carbocycles. The lowest BCUT2D eigenvalue weighted by Gasteiger charge is -2.37. The second-order valence-electron chi connectivity index (χ2n) is 9.05. The maximum absolute atomic E-state index is 13.4. The number of benzene rings is 1. The Balaban J connectivity index is 1.62. The Morgan fingerprint density at radius 1 is 1.11 bits per heavy atom. The molecule has 11 heteroatoms. The number of hydrogen-bond acceptors (Lipinski definition) is 10. The number of fused-ring (bicyclic) bond motifs is 1. The highest BCUT2D eigenvalue weighted by molar-refractivity contribution is 8.16. The Hall–Kier alpha value is -3.47. The Kier molecular flexibility index (Phi) is 8.65. The molecular formula is C27H33N3O7S. The number of hydrogen-bond donors (Lipinski definition) is 0. The van der Waals surface area contributed by atoms with E-state index >= 15 is 0 Å². The van der Waals surface area contributed by atoms with E-state index in [0.29, 0.717) is 66.0 Å². The number of rotatable bonds is 8. The first-order chi connectivity index (χ1) is 18.3. The van der Waals surface area contributed by atoms with E-state index in [0.717, 1.165) is 5.70 Å². The highest BCUT2D eigenvalue weighted by Crippen LogP contribution is 2.48. The van der Waals surface area contributed by atoms with Crippen molar-refractivity contribution in [3.8, 4) is 11.5 Å². The van der Waals surface area contributed by atoms with E-state index in [1.165, 1.54) is 18.9 Å². The number of piperidine rings is 1. The van der Waals surface area contributed by atoms with Gasteiger partial charge in [-0.15, -0.1) is 0 Å². The average molecular weight is 544 g/mol. The molecule has 0 unspecified atom stereocenters. The van der Waals surface area contributed by atoms with Crippen LogP contribution in [0.4, 0.5) is 0 Å². The van der Waals surface area contributed by atoms with Crippen LogP contribution >= 0.6 is 11.8 Å². The van der Waals surface area contributed by atoms with Crippen molar-refractivity contribution in [2.24, 2.45) is 10.9 Å². The predicted octanol–water partition coefficient (Wildman–Crippen LogP) is 3.64. The number of amides is 1. The number of thioether (sulfide) groups is 1. The van der Waals surface area contributed by atoms with Crippen molar-refractivity contribution in [1.29, 1.82) is 0 Å². The average Bonchev–Trinajstić information content (AvgIpc) is 3.33. The van der Waals surface area contributed by atoms with Gasteiger partial charge in [0.2, 0.25) is 5.91 Å². The highest BCUT2D eigenvalue weighted by Gasteiger charge is 2.43. The van der Waals surface area contributed by atoms with E-state index in [1.807, 2.05) is 22.4 Å². The molecule has 0 aromatic heterocycles. The molecule has 4 rings (SSSR count). The van der Waals surface area contributed by atoms with Crippen LogP contribution in [0.2, 0.25) is 0 Å². The van der Waals surface area contributed by atoms with Gasteiger partial charge in [-0.25, -0.2) is 9.79 Å². The van der Waals surface area contributed by atoms with Crippen LogP contribution in [0.1, 0.15) is 44.7 Å². The lowest BCUT2D eigenvalue weighted by atomic mass is 9.92. The number of methoxy groups -OCH3 is 3. The number of ether oxygens (including phenoxy) is 4. The fourth-order valence-electron chi connectivity index (χ4n) is 5.05. The van der Waals surface area contributed by atoms with E-state index in [-0.39, 0.29) is 24.2 Å². The number of aliphatic imine (C=N–C) groups is 1. The summed E-state index contributed by atoms with van der Waals surface area (Å²) in [6, 6.07) is 4.85. The van der Waals surface area contributed by atoms with Gasteiger partial charge in [-0.05, 0) is 38.2 Å². The lowest BCUT2D eigenvalue weighted by molar-refractivity contribution is -0.151. The predicted molar refractivity (Wildman–Crippen MR) is 143 cm³/mol. The standard InChI is InChI=1S/C27H33N3O7S/c1-6-37-25(32)17-10-12-29(13-11-17)21(31)14-18-15-38-27-28-16(2)22(26(33)36-5)23(30(18)27)19-8-7-9-20(34-3)24(19)35-4/h7-9,15,17,23H,6,10-14H2,1-5H3/t23-/m1/s1. The van der Waals surface area contributed by atoms with E-state index in [9.17, 15) is 14.4 Å². The molecule has 0 N–H and O–H groups in total. The minimum atomic E-state index is -0.636. The summed E-state index contributed by atoms with van der Waals surface area (Å²) in [7, 11) is 4.44. The van der Waals surface area contributed by atoms with Gasteiger partial charge >= 0.3 is 11.9 Å². The molecule has 1 saturated heterocycles. The van der Waals surface area contributed by atoms with Crippen LogP contribution in [-0.4, -0.2) is 73.8 Å². The van der Waals surface area contributed by atoms with Crippen LogP contribution in [-0.2, 0) is 23.9 Å². The van der Waals surface area contributed by atoms with Crippen LogP contribution < -0.4 is 9.47 Å². The molecule has 204 valence electrons. The van der Waals surface area contributed by atoms with Crippen LogP contribution in [0.15, 0.2) is 45.6 Å². The van der Waals surface area contributed by atoms with E-state index in [4.69, 9.17) is 18.9 Å². The number of para-hydroxylation sites is 1. The molecule has 0 spiro atoms. The zero-order chi connectivity index (χ0) is 27.4. The van der Waals surface area contributed by atoms with Crippen molar-refractivity contribution >= 4 is 34.8 Å². The van der Waals surface area contributed by atoms with Crippen LogP contribution in [0, 0.1) is 5.92 Å². The van der Waals surface area contributed by atoms with Gasteiger partial charge in [0, 0.05) is 24.4 Å². The maximum Gasteiger partial charge on any atom is 0.338 e. The summed E-state index contributed by atoms with van der Waals surface area (Å²) in [5.74, 6) is 0.0670. The third-order valence-corrected chi connectivity index (χ3v) is 7.82. The smallest absolute Gasteiger partial charge is 0.338 e. The minimum absolute atomic E-state index is 0.0531. The van der Waals surface area contributed by atoms with Gasteiger partial charge in [-0.2, -0.15) is 0 Å². The fourth-order valence-corrected chi connectivity index (χ4v) is 6.02. The second-order valence-corrected chi connectivity index (χ2v) is 9.89. The molecule has 3 aliphatic heterocycles. The molecule has 0 saturated carbocycles. The van der Waals surface area contributed by atoms with Crippen molar-refractivity contribution < 1.29 is 33.3 Å². The molecule has 0 radical (unpaired) electrons. The summed E-state index contributed by atoms with van der Waals surface area (Å²) in [6.07, 6.45) is 1.27. The first-order valence-electron chi connectivity index (χ1n) is 12.5. The van der Waals surface area contributed by atoms with Crippen molar-refractivity contribution in [2.45, 2.75) is 39.2 Å². The summed E-state index contributed by atoms with van der Waals surface area (Å²) in [4.78, 5) is 46.9. The van der Waals surface area contributed by atoms with Crippen molar-refractivity contribution in [3.05, 3.63) is 46.1 Å². The Morgan fingerprint density at radius 2 is 1.84 bits per heavy atom. The normalized spacial score (nSPS) is 19.4. The fraction of sp³-hybridized carbons (Fsp3) is 0.481. The Labute approximate surface area is 226 Å². The van der Waals surface area contributed by atoms with Crippen LogP contribution in [0.25, 0.3) is 0 Å². The van der Waals surface area contributed by atoms with Gasteiger partial charge < -0.3 is 28.7 Å². The van der Waals surface area contributed by atoms with Gasteiger partial charge in [0.15, 0.2) is 16.7 Å². The molecule has 1 aromatic rings. The first-order valence-corrected chi connectivity index (χ1v) is 13.4. The summed E-state index contributed by atoms with van der Waals surface area (Å²) in [5, 5.41) is 2.56. The Bertz CT molecular complexity index is 1200. The van der Waals surface area contributed by atoms with E-state index in [2.05, 4.69) is 4.99 Å². The van der Waals surface area contributed by atoms with E-state index < -0.39 is 12.0 Å². The van der Waals surface area contributed by atoms with Crippen LogP contribution in [0.5, 0.6) is 11.5 Å². The molecule has 38 heavy (non-hydrogen) atoms. The molecule has 1 amide bonds. The van der Waals surface area contributed by atoms with Gasteiger partial charge in [0.25, 0.3) is 0 Å². The van der Waals surface area contributed by atoms with Crippen LogP contribution in [0.3, 0.4) is 0 Å². The maximum atomic E-state index is 13.4. The summed E-state index contributed by atoms with van der Waals surface area (Å²) in [5.41, 5.74) is 2.30. The van der Waals surface area contributed by atoms with Gasteiger partial charge in [0.05, 0.1) is 57.6 Å². The number of amidine groups is 1. The zero-order valence-corrected chi connectivity index (χ0v) is 23.1. The number of nitrogens with zero attached hydrogens (tertiary/aromatic N) is 3. The first kappa shape index (κ1) is 27.6. The number of carbonyl (C=O) groups is 3. The highest BCUT2D eigenvalue weighted by atomic mass is 32.2. The number of esters is 2. The monoisotopic (exact) mass is 543 g/mol. The summed E-state index contributed by atoms with van der Waals surface area (Å²) >= 11 is 1.40. The topological polar surface area (TPSA) is 107 Å². The van der Waals surface area contributed by atoms with Gasteiger partial charge in [-0.3, -0.25) is 9.59 Å². The summed E-state index contributed by atoms with van der Waals surface area (Å²) in [6.45, 7) is 4.89. The molecule has 1 fully saturated rings. The van der Waals surface area contributed by atoms with Crippen molar-refractivity contribution in [2.75, 3.05) is 41.0 Å². The van der Waals surface area contributed by atoms with Crippen molar-refractivity contribution in [3.63, 3.8) is 0 Å². The SMILES string of the molecule is CCOC(=O)C1CCN(C(=O)CC2=CSC3=NC(C)=C(C(=O)OC)[C@@H](c4cccc(OC)c4OC)N23)CC1. The van der Waals surface area contributed by atoms with Gasteiger partial charge in [0.1, 0.15) is 0 Å². The molecule has 0 bridgehead atoms. The molecule has 10 nitrogen and oxygen atoms in total. The second kappa shape index (κ2) is 11.9. The molecular weight excluding hydrogens is 510 g/mol. The lowest BCUT2D eigenvalue weighted by Crippen LogP contribution is -2.42. The minimum Gasteiger partial charge on any atom is -0.493 e. The largest absolute Gasteiger partial charge is 0.493 e. The van der Waals surface area contributed by atoms with Gasteiger partial charge in [-0.1, -0.05) is 23.9 Å². The number of carbonyl (C=O) groups excluding carboxylic acids is 3. The van der Waals surface area contributed by atoms with Crippen molar-refractivity contribution in [1.82, 2.24) is 9.80 Å². The third kappa shape index (κ3) is 5.24. The molecule has 1 aromatic carbocycles. The summed E-state index contributed by atoms with van der Waals surface area (Å²) < 4.78 is 21.5. The number of allylic oxidation sites excluding steroid dienone is 1. The molecule has 3 aliphatic rings. The quantitative estimate of drug-likeness (QED) is 0.454. The zero-order valence-electron chi connectivity index (χ0n) is 22.3. The third-order valence-electron chi connectivity index (χ3n) is 6.93. The molecule has 1 atom stereocenters. The molecule has 3 heterocycles. The Morgan fingerprint density at radius 3 is 2.47 bits per heavy atom.